The zero-order valence-corrected chi connectivity index (χ0v) is 10.2. The minimum absolute atomic E-state index is 0.355. The van der Waals surface area contributed by atoms with Crippen molar-refractivity contribution in [2.75, 3.05) is 0 Å². The van der Waals surface area contributed by atoms with Crippen molar-refractivity contribution in [2.24, 2.45) is 5.73 Å². The summed E-state index contributed by atoms with van der Waals surface area (Å²) in [5, 5.41) is 10.0. The van der Waals surface area contributed by atoms with Crippen molar-refractivity contribution in [2.45, 2.75) is 51.5 Å². The van der Waals surface area contributed by atoms with Gasteiger partial charge >= 0.3 is 0 Å². The van der Waals surface area contributed by atoms with E-state index in [1.54, 1.807) is 0 Å². The van der Waals surface area contributed by atoms with E-state index in [4.69, 9.17) is 5.73 Å². The zero-order chi connectivity index (χ0) is 11.8. The molecule has 0 atom stereocenters. The maximum Gasteiger partial charge on any atom is 0.120 e. The molecule has 3 N–H and O–H groups in total. The molecule has 0 saturated heterocycles. The number of rotatable bonds is 1. The van der Waals surface area contributed by atoms with E-state index in [0.29, 0.717) is 5.75 Å². The molecule has 0 saturated carbocycles. The van der Waals surface area contributed by atoms with E-state index < -0.39 is 5.54 Å². The van der Waals surface area contributed by atoms with Gasteiger partial charge in [-0.2, -0.15) is 0 Å². The Morgan fingerprint density at radius 3 is 2.19 bits per heavy atom. The number of fused-ring (bicyclic) bond motifs is 1. The largest absolute Gasteiger partial charge is 0.508 e. The highest BCUT2D eigenvalue weighted by Gasteiger charge is 2.21. The summed E-state index contributed by atoms with van der Waals surface area (Å²) < 4.78 is 0. The number of nitrogens with two attached hydrogens (primary N) is 1. The van der Waals surface area contributed by atoms with Gasteiger partial charge in [0.1, 0.15) is 5.75 Å². The lowest BCUT2D eigenvalue weighted by molar-refractivity contribution is 0.439. The molecule has 1 aliphatic rings. The van der Waals surface area contributed by atoms with Crippen molar-refractivity contribution >= 4 is 0 Å². The molecule has 2 rings (SSSR count). The van der Waals surface area contributed by atoms with Crippen LogP contribution in [0.3, 0.4) is 0 Å². The third-order valence-electron chi connectivity index (χ3n) is 3.40. The van der Waals surface area contributed by atoms with Crippen LogP contribution in [-0.2, 0) is 18.4 Å². The summed E-state index contributed by atoms with van der Waals surface area (Å²) in [7, 11) is 0. The number of hydrogen-bond acceptors (Lipinski definition) is 2. The number of benzene rings is 1. The van der Waals surface area contributed by atoms with Crippen LogP contribution in [0.15, 0.2) is 12.1 Å². The van der Waals surface area contributed by atoms with E-state index in [-0.39, 0.29) is 0 Å². The molecule has 0 bridgehead atoms. The quantitative estimate of drug-likeness (QED) is 0.713. The van der Waals surface area contributed by atoms with Crippen molar-refractivity contribution in [1.82, 2.24) is 0 Å². The molecule has 0 spiro atoms. The second kappa shape index (κ2) is 4.10. The highest BCUT2D eigenvalue weighted by Crippen LogP contribution is 2.32. The van der Waals surface area contributed by atoms with Crippen molar-refractivity contribution in [3.05, 3.63) is 28.8 Å². The van der Waals surface area contributed by atoms with E-state index in [1.807, 2.05) is 19.9 Å². The summed E-state index contributed by atoms with van der Waals surface area (Å²) in [5.74, 6) is 0.355. The van der Waals surface area contributed by atoms with Gasteiger partial charge in [-0.3, -0.25) is 0 Å². The monoisotopic (exact) mass is 219 g/mol. The molecule has 0 fully saturated rings. The number of aromatic hydroxyl groups is 1. The Balaban J connectivity index is 2.47. The third-order valence-corrected chi connectivity index (χ3v) is 3.40. The highest BCUT2D eigenvalue weighted by atomic mass is 16.3. The van der Waals surface area contributed by atoms with Gasteiger partial charge in [-0.15, -0.1) is 0 Å². The first-order valence-electron chi connectivity index (χ1n) is 6.12. The summed E-state index contributed by atoms with van der Waals surface area (Å²) in [6.45, 7) is 3.87. The minimum atomic E-state index is -0.467. The normalized spacial score (nSPS) is 16.7. The number of phenolic OH excluding ortho intramolecular Hbond substituents is 1. The van der Waals surface area contributed by atoms with Crippen molar-refractivity contribution in [3.63, 3.8) is 0 Å². The van der Waals surface area contributed by atoms with Gasteiger partial charge in [0.15, 0.2) is 0 Å². The average Bonchev–Trinajstić information content (AvgIpc) is 2.39. The van der Waals surface area contributed by atoms with Crippen molar-refractivity contribution in [1.29, 1.82) is 0 Å². The summed E-state index contributed by atoms with van der Waals surface area (Å²) >= 11 is 0. The van der Waals surface area contributed by atoms with Crippen LogP contribution in [0.5, 0.6) is 5.75 Å². The predicted molar refractivity (Wildman–Crippen MR) is 66.6 cm³/mol. The molecule has 1 aromatic carbocycles. The Morgan fingerprint density at radius 1 is 1.06 bits per heavy atom. The van der Waals surface area contributed by atoms with Gasteiger partial charge in [0.25, 0.3) is 0 Å². The number of hydrogen-bond donors (Lipinski definition) is 2. The Hall–Kier alpha value is -1.02. The molecule has 16 heavy (non-hydrogen) atoms. The molecule has 0 heterocycles. The van der Waals surface area contributed by atoms with Crippen LogP contribution in [0.2, 0.25) is 0 Å². The Kier molecular flexibility index (Phi) is 2.94. The Bertz CT molecular complexity index is 390. The number of phenols is 1. The van der Waals surface area contributed by atoms with Crippen LogP contribution in [-0.4, -0.2) is 5.11 Å². The van der Waals surface area contributed by atoms with E-state index >= 15 is 0 Å². The molecule has 1 aromatic rings. The Morgan fingerprint density at radius 2 is 1.62 bits per heavy atom. The third kappa shape index (κ3) is 2.22. The molecular formula is C14H21NO. The lowest BCUT2D eigenvalue weighted by Crippen LogP contribution is -2.29. The summed E-state index contributed by atoms with van der Waals surface area (Å²) in [6.07, 6.45) is 5.99. The fraction of sp³-hybridized carbons (Fsp3) is 0.571. The SMILES string of the molecule is CC(C)(N)c1cc2c(cc1O)CCCCC2. The van der Waals surface area contributed by atoms with Gasteiger partial charge in [-0.05, 0) is 56.7 Å². The summed E-state index contributed by atoms with van der Waals surface area (Å²) in [4.78, 5) is 0. The molecule has 2 nitrogen and oxygen atoms in total. The average molecular weight is 219 g/mol. The molecule has 0 aliphatic heterocycles. The van der Waals surface area contributed by atoms with Gasteiger partial charge in [0.05, 0.1) is 0 Å². The molecule has 0 aromatic heterocycles. The van der Waals surface area contributed by atoms with Gasteiger partial charge in [0.2, 0.25) is 0 Å². The first kappa shape index (κ1) is 11.5. The van der Waals surface area contributed by atoms with Crippen molar-refractivity contribution < 1.29 is 5.11 Å². The molecule has 0 radical (unpaired) electrons. The van der Waals surface area contributed by atoms with Crippen LogP contribution in [0.1, 0.15) is 49.8 Å². The zero-order valence-electron chi connectivity index (χ0n) is 10.2. The van der Waals surface area contributed by atoms with E-state index in [1.165, 1.54) is 30.4 Å². The molecule has 0 amide bonds. The fourth-order valence-corrected chi connectivity index (χ4v) is 2.47. The van der Waals surface area contributed by atoms with Crippen LogP contribution in [0, 0.1) is 0 Å². The second-order valence-corrected chi connectivity index (χ2v) is 5.42. The lowest BCUT2D eigenvalue weighted by Gasteiger charge is -2.22. The van der Waals surface area contributed by atoms with E-state index in [9.17, 15) is 5.11 Å². The highest BCUT2D eigenvalue weighted by molar-refractivity contribution is 5.45. The first-order chi connectivity index (χ1) is 7.48. The van der Waals surface area contributed by atoms with Gasteiger partial charge in [-0.25, -0.2) is 0 Å². The predicted octanol–water partition coefficient (Wildman–Crippen LogP) is 2.85. The Labute approximate surface area is 97.5 Å². The van der Waals surface area contributed by atoms with Gasteiger partial charge in [-0.1, -0.05) is 12.5 Å². The van der Waals surface area contributed by atoms with Gasteiger partial charge in [0, 0.05) is 11.1 Å². The minimum Gasteiger partial charge on any atom is -0.508 e. The molecule has 88 valence electrons. The molecule has 1 aliphatic carbocycles. The van der Waals surface area contributed by atoms with Gasteiger partial charge < -0.3 is 10.8 Å². The van der Waals surface area contributed by atoms with Crippen molar-refractivity contribution in [3.8, 4) is 5.75 Å². The topological polar surface area (TPSA) is 46.2 Å². The van der Waals surface area contributed by atoms with E-state index in [0.717, 1.165) is 18.4 Å². The molecule has 2 heteroatoms. The van der Waals surface area contributed by atoms with Crippen LogP contribution in [0.4, 0.5) is 0 Å². The first-order valence-corrected chi connectivity index (χ1v) is 6.12. The smallest absolute Gasteiger partial charge is 0.120 e. The van der Waals surface area contributed by atoms with Crippen LogP contribution >= 0.6 is 0 Å². The number of aryl methyl sites for hydroxylation is 2. The summed E-state index contributed by atoms with van der Waals surface area (Å²) in [6, 6.07) is 4.03. The fourth-order valence-electron chi connectivity index (χ4n) is 2.47. The molecular weight excluding hydrogens is 198 g/mol. The van der Waals surface area contributed by atoms with Crippen LogP contribution in [0.25, 0.3) is 0 Å². The molecule has 0 unspecified atom stereocenters. The van der Waals surface area contributed by atoms with Crippen LogP contribution < -0.4 is 5.73 Å². The maximum absolute atomic E-state index is 10.0. The standard InChI is InChI=1S/C14H21NO/c1-14(2,15)12-8-10-6-4-3-5-7-11(10)9-13(12)16/h8-9,16H,3-7,15H2,1-2H3. The summed E-state index contributed by atoms with van der Waals surface area (Å²) in [5.41, 5.74) is 9.16. The second-order valence-electron chi connectivity index (χ2n) is 5.42. The van der Waals surface area contributed by atoms with E-state index in [2.05, 4.69) is 6.07 Å². The maximum atomic E-state index is 10.0. The lowest BCUT2D eigenvalue weighted by atomic mass is 9.89.